The summed E-state index contributed by atoms with van der Waals surface area (Å²) < 4.78 is 4.91. The zero-order valence-corrected chi connectivity index (χ0v) is 8.25. The minimum absolute atomic E-state index is 0.559. The van der Waals surface area contributed by atoms with Gasteiger partial charge in [-0.05, 0) is 12.0 Å². The zero-order valence-electron chi connectivity index (χ0n) is 8.25. The topological polar surface area (TPSA) is 38.3 Å². The average Bonchev–Trinajstić information content (AvgIpc) is 2.17. The summed E-state index contributed by atoms with van der Waals surface area (Å²) in [6.45, 7) is 3.20. The van der Waals surface area contributed by atoms with Gasteiger partial charge in [0.1, 0.15) is 0 Å². The number of hydrogen-bond acceptors (Lipinski definition) is 2. The molecule has 0 saturated heterocycles. The predicted molar refractivity (Wildman–Crippen MR) is 53.5 cm³/mol. The highest BCUT2D eigenvalue weighted by atomic mass is 16.5. The molecule has 0 aliphatic rings. The van der Waals surface area contributed by atoms with E-state index in [9.17, 15) is 4.79 Å². The molecule has 0 aliphatic heterocycles. The normalized spacial score (nSPS) is 12.0. The Kier molecular flexibility index (Phi) is 8.25. The molecule has 0 saturated carbocycles. The second-order valence-corrected chi connectivity index (χ2v) is 2.54. The number of methoxy groups -OCH3 is 1. The molecule has 3 heteroatoms. The van der Waals surface area contributed by atoms with Gasteiger partial charge in [-0.2, -0.15) is 0 Å². The Morgan fingerprint density at radius 3 is 2.85 bits per heavy atom. The molecule has 0 spiro atoms. The van der Waals surface area contributed by atoms with Gasteiger partial charge in [0, 0.05) is 13.7 Å². The third-order valence-corrected chi connectivity index (χ3v) is 1.47. The summed E-state index contributed by atoms with van der Waals surface area (Å²) in [6.07, 6.45) is 7.68. The van der Waals surface area contributed by atoms with Crippen molar-refractivity contribution in [1.29, 1.82) is 0 Å². The number of carbonyl (C=O) groups excluding carboxylic acids is 1. The van der Waals surface area contributed by atoms with Gasteiger partial charge in [-0.25, -0.2) is 0 Å². The predicted octanol–water partition coefficient (Wildman–Crippen LogP) is 1.27. The first-order valence-electron chi connectivity index (χ1n) is 4.36. The molecule has 0 fully saturated rings. The smallest absolute Gasteiger partial charge is 0.207 e. The second-order valence-electron chi connectivity index (χ2n) is 2.54. The molecular weight excluding hydrogens is 166 g/mol. The Morgan fingerprint density at radius 2 is 2.31 bits per heavy atom. The summed E-state index contributed by atoms with van der Waals surface area (Å²) in [7, 11) is 1.64. The van der Waals surface area contributed by atoms with Crippen LogP contribution in [-0.4, -0.2) is 26.7 Å². The average molecular weight is 183 g/mol. The lowest BCUT2D eigenvalue weighted by Crippen LogP contribution is -2.13. The van der Waals surface area contributed by atoms with Crippen LogP contribution < -0.4 is 5.32 Å². The summed E-state index contributed by atoms with van der Waals surface area (Å²) >= 11 is 0. The minimum Gasteiger partial charge on any atom is -0.381 e. The fourth-order valence-corrected chi connectivity index (χ4v) is 0.818. The molecule has 1 N–H and O–H groups in total. The maximum absolute atomic E-state index is 10.1. The molecule has 3 nitrogen and oxygen atoms in total. The van der Waals surface area contributed by atoms with Gasteiger partial charge in [0.05, 0.1) is 6.61 Å². The highest BCUT2D eigenvalue weighted by Crippen LogP contribution is 1.96. The van der Waals surface area contributed by atoms with Crippen molar-refractivity contribution in [3.63, 3.8) is 0 Å². The highest BCUT2D eigenvalue weighted by Gasteiger charge is 1.89. The molecule has 0 atom stereocenters. The van der Waals surface area contributed by atoms with E-state index in [0.29, 0.717) is 19.6 Å². The maximum atomic E-state index is 10.1. The van der Waals surface area contributed by atoms with Crippen LogP contribution in [0.4, 0.5) is 0 Å². The molecule has 1 amide bonds. The van der Waals surface area contributed by atoms with Crippen molar-refractivity contribution in [2.24, 2.45) is 0 Å². The summed E-state index contributed by atoms with van der Waals surface area (Å²) in [5, 5.41) is 2.61. The maximum Gasteiger partial charge on any atom is 0.207 e. The number of rotatable bonds is 7. The molecule has 0 aliphatic carbocycles. The van der Waals surface area contributed by atoms with Crippen LogP contribution >= 0.6 is 0 Å². The monoisotopic (exact) mass is 183 g/mol. The fraction of sp³-hybridized carbons (Fsp3) is 0.500. The Balaban J connectivity index is 4.01. The summed E-state index contributed by atoms with van der Waals surface area (Å²) in [6, 6.07) is 0. The quantitative estimate of drug-likeness (QED) is 0.477. The third-order valence-electron chi connectivity index (χ3n) is 1.47. The highest BCUT2D eigenvalue weighted by molar-refractivity contribution is 5.47. The molecule has 0 aromatic heterocycles. The van der Waals surface area contributed by atoms with Gasteiger partial charge >= 0.3 is 0 Å². The van der Waals surface area contributed by atoms with E-state index in [1.54, 1.807) is 7.11 Å². The first-order chi connectivity index (χ1) is 6.35. The van der Waals surface area contributed by atoms with E-state index in [0.717, 1.165) is 12.0 Å². The van der Waals surface area contributed by atoms with Crippen molar-refractivity contribution in [3.8, 4) is 0 Å². The Hall–Kier alpha value is -1.09. The molecule has 0 rings (SSSR count). The number of allylic oxidation sites excluding steroid dienone is 1. The molecular formula is C10H17NO2. The van der Waals surface area contributed by atoms with Crippen LogP contribution in [0.1, 0.15) is 13.3 Å². The van der Waals surface area contributed by atoms with Crippen molar-refractivity contribution < 1.29 is 9.53 Å². The summed E-state index contributed by atoms with van der Waals surface area (Å²) in [5.74, 6) is 0. The van der Waals surface area contributed by atoms with Crippen molar-refractivity contribution in [2.75, 3.05) is 20.3 Å². The molecule has 0 aromatic carbocycles. The first-order valence-corrected chi connectivity index (χ1v) is 4.36. The van der Waals surface area contributed by atoms with Crippen molar-refractivity contribution in [3.05, 3.63) is 23.8 Å². The van der Waals surface area contributed by atoms with E-state index in [-0.39, 0.29) is 0 Å². The molecule has 0 bridgehead atoms. The summed E-state index contributed by atoms with van der Waals surface area (Å²) in [4.78, 5) is 10.1. The molecule has 0 aromatic rings. The van der Waals surface area contributed by atoms with E-state index in [1.165, 1.54) is 0 Å². The standard InChI is InChI=1S/C10H17NO2/c1-3-4-5-10(6-7-13-2)8-11-9-12/h4-6,9H,3,7-8H2,1-2H3,(H,11,12)/b5-4-,10-6+. The van der Waals surface area contributed by atoms with Gasteiger partial charge in [0.25, 0.3) is 0 Å². The molecule has 74 valence electrons. The number of ether oxygens (including phenoxy) is 1. The number of nitrogens with one attached hydrogen (secondary N) is 1. The third kappa shape index (κ3) is 7.28. The van der Waals surface area contributed by atoms with Crippen LogP contribution in [-0.2, 0) is 9.53 Å². The Morgan fingerprint density at radius 1 is 1.54 bits per heavy atom. The van der Waals surface area contributed by atoms with E-state index in [2.05, 4.69) is 12.2 Å². The van der Waals surface area contributed by atoms with Crippen LogP contribution in [0.5, 0.6) is 0 Å². The van der Waals surface area contributed by atoms with Crippen molar-refractivity contribution in [1.82, 2.24) is 5.32 Å². The van der Waals surface area contributed by atoms with Gasteiger partial charge in [-0.3, -0.25) is 4.79 Å². The van der Waals surface area contributed by atoms with Crippen LogP contribution in [0, 0.1) is 0 Å². The fourth-order valence-electron chi connectivity index (χ4n) is 0.818. The van der Waals surface area contributed by atoms with Crippen molar-refractivity contribution >= 4 is 6.41 Å². The summed E-state index contributed by atoms with van der Waals surface area (Å²) in [5.41, 5.74) is 1.07. The minimum atomic E-state index is 0.559. The number of hydrogen-bond donors (Lipinski definition) is 1. The molecule has 0 unspecified atom stereocenters. The van der Waals surface area contributed by atoms with Crippen LogP contribution in [0.2, 0.25) is 0 Å². The van der Waals surface area contributed by atoms with Gasteiger partial charge in [0.15, 0.2) is 0 Å². The first kappa shape index (κ1) is 11.9. The van der Waals surface area contributed by atoms with Crippen molar-refractivity contribution in [2.45, 2.75) is 13.3 Å². The number of carbonyl (C=O) groups is 1. The van der Waals surface area contributed by atoms with Gasteiger partial charge in [-0.1, -0.05) is 25.2 Å². The number of amides is 1. The Bertz CT molecular complexity index is 185. The largest absolute Gasteiger partial charge is 0.381 e. The molecule has 13 heavy (non-hydrogen) atoms. The lowest BCUT2D eigenvalue weighted by atomic mass is 10.2. The molecule has 0 heterocycles. The van der Waals surface area contributed by atoms with E-state index >= 15 is 0 Å². The lowest BCUT2D eigenvalue weighted by Gasteiger charge is -2.00. The van der Waals surface area contributed by atoms with Gasteiger partial charge in [0.2, 0.25) is 6.41 Å². The van der Waals surface area contributed by atoms with E-state index in [4.69, 9.17) is 4.74 Å². The Labute approximate surface area is 79.5 Å². The lowest BCUT2D eigenvalue weighted by molar-refractivity contribution is -0.109. The van der Waals surface area contributed by atoms with Crippen LogP contribution in [0.25, 0.3) is 0 Å². The van der Waals surface area contributed by atoms with Crippen LogP contribution in [0.3, 0.4) is 0 Å². The van der Waals surface area contributed by atoms with E-state index < -0.39 is 0 Å². The van der Waals surface area contributed by atoms with Crippen LogP contribution in [0.15, 0.2) is 23.8 Å². The second kappa shape index (κ2) is 9.00. The zero-order chi connectivity index (χ0) is 9.94. The molecule has 0 radical (unpaired) electrons. The van der Waals surface area contributed by atoms with E-state index in [1.807, 2.05) is 18.2 Å². The van der Waals surface area contributed by atoms with Gasteiger partial charge < -0.3 is 10.1 Å². The van der Waals surface area contributed by atoms with Gasteiger partial charge in [-0.15, -0.1) is 0 Å². The SMILES string of the molecule is CC/C=C\C(=C/COC)CNC=O.